The van der Waals surface area contributed by atoms with Crippen molar-refractivity contribution in [3.63, 3.8) is 0 Å². The van der Waals surface area contributed by atoms with Gasteiger partial charge in [0.25, 0.3) is 0 Å². The van der Waals surface area contributed by atoms with Crippen LogP contribution in [0, 0.1) is 13.3 Å². The maximum atomic E-state index is 3.60. The van der Waals surface area contributed by atoms with E-state index in [0.29, 0.717) is 0 Å². The molecular formula is C10H20LiNa. The molecule has 1 saturated carbocycles. The van der Waals surface area contributed by atoms with Crippen LogP contribution in [0.5, 0.6) is 0 Å². The molecule has 0 saturated heterocycles. The van der Waals surface area contributed by atoms with Crippen molar-refractivity contribution in [3.8, 4) is 0 Å². The first kappa shape index (κ1) is 19.2. The zero-order valence-corrected chi connectivity index (χ0v) is 11.2. The van der Waals surface area contributed by atoms with Gasteiger partial charge in [-0.1, -0.05) is 32.6 Å². The number of rotatable bonds is 1. The Morgan fingerprint density at radius 1 is 1.17 bits per heavy atom. The van der Waals surface area contributed by atoms with Gasteiger partial charge in [0.05, 0.1) is 0 Å². The molecule has 1 aliphatic rings. The molecule has 62 valence electrons. The van der Waals surface area contributed by atoms with Crippen molar-refractivity contribution in [2.45, 2.75) is 51.9 Å². The summed E-state index contributed by atoms with van der Waals surface area (Å²) in [5.41, 5.74) is 0. The van der Waals surface area contributed by atoms with Gasteiger partial charge in [0, 0.05) is 0 Å². The molecule has 1 aliphatic carbocycles. The molecule has 0 bridgehead atoms. The fraction of sp³-hybridized carbons (Fsp3) is 0.800. The molecule has 0 aliphatic heterocycles. The largest absolute Gasteiger partial charge is 1.00 e. The Bertz CT molecular complexity index is 40.3. The van der Waals surface area contributed by atoms with Gasteiger partial charge in [0.1, 0.15) is 0 Å². The SMILES string of the molecule is [CH-]1CCCCC1.[CH2-]CCC.[Li+].[Na+]. The van der Waals surface area contributed by atoms with Crippen molar-refractivity contribution >= 4 is 0 Å². The zero-order chi connectivity index (χ0) is 7.66. The molecular weight excluding hydrogens is 150 g/mol. The van der Waals surface area contributed by atoms with Gasteiger partial charge in [-0.15, -0.1) is 0 Å². The first-order valence-corrected chi connectivity index (χ1v) is 4.52. The van der Waals surface area contributed by atoms with Gasteiger partial charge in [0.2, 0.25) is 0 Å². The Hall–Kier alpha value is 1.60. The summed E-state index contributed by atoms with van der Waals surface area (Å²) >= 11 is 0. The number of hydrogen-bond donors (Lipinski definition) is 0. The van der Waals surface area contributed by atoms with E-state index in [-0.39, 0.29) is 48.4 Å². The van der Waals surface area contributed by atoms with Gasteiger partial charge in [-0.05, 0) is 0 Å². The molecule has 0 nitrogen and oxygen atoms in total. The third kappa shape index (κ3) is 17.6. The van der Waals surface area contributed by atoms with Crippen LogP contribution in [0.3, 0.4) is 0 Å². The molecule has 0 aromatic rings. The monoisotopic (exact) mass is 170 g/mol. The van der Waals surface area contributed by atoms with Crippen LogP contribution in [0.25, 0.3) is 0 Å². The minimum atomic E-state index is 0. The van der Waals surface area contributed by atoms with Gasteiger partial charge in [-0.2, -0.15) is 19.3 Å². The van der Waals surface area contributed by atoms with E-state index in [4.69, 9.17) is 0 Å². The molecule has 1 rings (SSSR count). The van der Waals surface area contributed by atoms with E-state index in [1.54, 1.807) is 0 Å². The van der Waals surface area contributed by atoms with Crippen LogP contribution >= 0.6 is 0 Å². The average Bonchev–Trinajstić information content (AvgIpc) is 2.08. The van der Waals surface area contributed by atoms with Gasteiger partial charge >= 0.3 is 48.4 Å². The molecule has 0 spiro atoms. The van der Waals surface area contributed by atoms with Crippen molar-refractivity contribution < 1.29 is 48.4 Å². The summed E-state index contributed by atoms with van der Waals surface area (Å²) in [6, 6.07) is 0. The van der Waals surface area contributed by atoms with E-state index in [9.17, 15) is 0 Å². The van der Waals surface area contributed by atoms with Crippen LogP contribution in [0.15, 0.2) is 0 Å². The maximum absolute atomic E-state index is 3.60. The van der Waals surface area contributed by atoms with E-state index >= 15 is 0 Å². The Balaban J connectivity index is -0.000000124. The van der Waals surface area contributed by atoms with Crippen LogP contribution < -0.4 is 48.4 Å². The van der Waals surface area contributed by atoms with Crippen molar-refractivity contribution in [3.05, 3.63) is 13.3 Å². The first-order chi connectivity index (χ1) is 4.91. The van der Waals surface area contributed by atoms with Gasteiger partial charge < -0.3 is 13.3 Å². The molecule has 12 heavy (non-hydrogen) atoms. The summed E-state index contributed by atoms with van der Waals surface area (Å²) < 4.78 is 0. The molecule has 0 aromatic heterocycles. The Labute approximate surface area is 113 Å². The first-order valence-electron chi connectivity index (χ1n) is 4.52. The van der Waals surface area contributed by atoms with Crippen LogP contribution in [-0.2, 0) is 0 Å². The third-order valence-electron chi connectivity index (χ3n) is 1.67. The van der Waals surface area contributed by atoms with Crippen molar-refractivity contribution in [1.29, 1.82) is 0 Å². The topological polar surface area (TPSA) is 0 Å². The van der Waals surface area contributed by atoms with Crippen LogP contribution in [0.4, 0.5) is 0 Å². The second-order valence-corrected chi connectivity index (χ2v) is 2.78. The minimum Gasteiger partial charge on any atom is -0.343 e. The molecule has 0 aromatic carbocycles. The molecule has 0 atom stereocenters. The molecule has 0 radical (unpaired) electrons. The predicted octanol–water partition coefficient (Wildman–Crippen LogP) is -2.22. The van der Waals surface area contributed by atoms with E-state index in [1.807, 2.05) is 0 Å². The smallest absolute Gasteiger partial charge is 0.343 e. The van der Waals surface area contributed by atoms with Crippen molar-refractivity contribution in [2.75, 3.05) is 0 Å². The predicted molar refractivity (Wildman–Crippen MR) is 47.7 cm³/mol. The van der Waals surface area contributed by atoms with Gasteiger partial charge in [-0.3, -0.25) is 0 Å². The second-order valence-electron chi connectivity index (χ2n) is 2.78. The van der Waals surface area contributed by atoms with E-state index in [0.717, 1.165) is 6.42 Å². The van der Waals surface area contributed by atoms with Crippen molar-refractivity contribution in [2.24, 2.45) is 0 Å². The summed E-state index contributed by atoms with van der Waals surface area (Å²) in [6.07, 6.45) is 11.8. The van der Waals surface area contributed by atoms with Crippen LogP contribution in [0.1, 0.15) is 51.9 Å². The normalized spacial score (nSPS) is 14.5. The summed E-state index contributed by atoms with van der Waals surface area (Å²) in [7, 11) is 0. The standard InChI is InChI=1S/C6H11.C4H9.Li.Na/c1-2-4-6-5-3-1;1-3-4-2;;/h1H,2-6H2;1,3-4H2,2H3;;/q2*-1;2*+1. The second kappa shape index (κ2) is 18.4. The molecule has 1 fully saturated rings. The molecule has 0 unspecified atom stereocenters. The quantitative estimate of drug-likeness (QED) is 0.309. The van der Waals surface area contributed by atoms with E-state index in [2.05, 4.69) is 20.3 Å². The fourth-order valence-electron chi connectivity index (χ4n) is 0.898. The molecule has 0 heterocycles. The Morgan fingerprint density at radius 3 is 1.67 bits per heavy atom. The number of hydrogen-bond acceptors (Lipinski definition) is 0. The molecule has 2 heteroatoms. The van der Waals surface area contributed by atoms with E-state index in [1.165, 1.54) is 38.5 Å². The third-order valence-corrected chi connectivity index (χ3v) is 1.67. The van der Waals surface area contributed by atoms with Gasteiger partial charge in [-0.25, -0.2) is 0 Å². The fourth-order valence-corrected chi connectivity index (χ4v) is 0.898. The Kier molecular flexibility index (Phi) is 29.5. The Morgan fingerprint density at radius 2 is 1.58 bits per heavy atom. The average molecular weight is 170 g/mol. The van der Waals surface area contributed by atoms with Crippen LogP contribution in [-0.4, -0.2) is 0 Å². The molecule has 0 N–H and O–H groups in total. The van der Waals surface area contributed by atoms with Crippen LogP contribution in [0.2, 0.25) is 0 Å². The summed E-state index contributed by atoms with van der Waals surface area (Å²) in [5.74, 6) is 0. The number of unbranched alkanes of at least 4 members (excludes halogenated alkanes) is 1. The summed E-state index contributed by atoms with van der Waals surface area (Å²) in [6.45, 7) is 5.72. The zero-order valence-electron chi connectivity index (χ0n) is 9.23. The van der Waals surface area contributed by atoms with E-state index < -0.39 is 0 Å². The van der Waals surface area contributed by atoms with Crippen molar-refractivity contribution in [1.82, 2.24) is 0 Å². The summed E-state index contributed by atoms with van der Waals surface area (Å²) in [5, 5.41) is 0. The van der Waals surface area contributed by atoms with Gasteiger partial charge in [0.15, 0.2) is 0 Å². The molecule has 0 amide bonds. The maximum Gasteiger partial charge on any atom is 1.00 e. The summed E-state index contributed by atoms with van der Waals surface area (Å²) in [4.78, 5) is 0. The minimum absolute atomic E-state index is 0.